The molecule has 0 saturated heterocycles. The maximum absolute atomic E-state index is 14.2. The summed E-state index contributed by atoms with van der Waals surface area (Å²) in [6.45, 7) is 15.0. The van der Waals surface area contributed by atoms with E-state index >= 15 is 0 Å². The van der Waals surface area contributed by atoms with Crippen molar-refractivity contribution in [1.29, 1.82) is 0 Å². The summed E-state index contributed by atoms with van der Waals surface area (Å²) in [6.07, 6.45) is 3.98. The highest BCUT2D eigenvalue weighted by Crippen LogP contribution is 2.50. The lowest BCUT2D eigenvalue weighted by atomic mass is 9.70. The van der Waals surface area contributed by atoms with Crippen LogP contribution < -0.4 is 4.74 Å². The number of ether oxygens (including phenoxy) is 1. The fourth-order valence-electron chi connectivity index (χ4n) is 3.77. The van der Waals surface area contributed by atoms with Gasteiger partial charge in [-0.05, 0) is 82.3 Å². The monoisotopic (exact) mass is 408 g/mol. The van der Waals surface area contributed by atoms with Gasteiger partial charge in [-0.3, -0.25) is 0 Å². The summed E-state index contributed by atoms with van der Waals surface area (Å²) in [6, 6.07) is 2.15. The lowest BCUT2D eigenvalue weighted by Crippen LogP contribution is -2.24. The van der Waals surface area contributed by atoms with Gasteiger partial charge in [0.25, 0.3) is 0 Å². The Hall–Kier alpha value is -1.09. The zero-order chi connectivity index (χ0) is 18.9. The molecule has 0 saturated carbocycles. The first-order valence-electron chi connectivity index (χ1n) is 9.21. The fourth-order valence-corrected chi connectivity index (χ4v) is 4.85. The van der Waals surface area contributed by atoms with Crippen LogP contribution >= 0.6 is 15.9 Å². The van der Waals surface area contributed by atoms with Crippen LogP contribution in [-0.2, 0) is 5.41 Å². The van der Waals surface area contributed by atoms with Gasteiger partial charge in [-0.25, -0.2) is 4.39 Å². The quantitative estimate of drug-likeness (QED) is 0.485. The lowest BCUT2D eigenvalue weighted by Gasteiger charge is -2.36. The molecule has 0 N–H and O–H groups in total. The first kappa shape index (κ1) is 20.2. The van der Waals surface area contributed by atoms with E-state index < -0.39 is 0 Å². The molecule has 0 spiro atoms. The summed E-state index contributed by atoms with van der Waals surface area (Å²) in [5, 5.41) is 0. The van der Waals surface area contributed by atoms with Crippen LogP contribution in [0.5, 0.6) is 5.75 Å². The molecule has 0 heterocycles. The minimum atomic E-state index is -0.138. The van der Waals surface area contributed by atoms with Crippen LogP contribution in [0.15, 0.2) is 22.4 Å². The van der Waals surface area contributed by atoms with E-state index in [4.69, 9.17) is 4.74 Å². The van der Waals surface area contributed by atoms with E-state index in [-0.39, 0.29) is 11.2 Å². The Bertz CT molecular complexity index is 722. The fraction of sp³-hybridized carbons (Fsp3) is 0.545. The van der Waals surface area contributed by atoms with Gasteiger partial charge in [0.15, 0.2) is 0 Å². The number of fused-ring (bicyclic) bond motifs is 1. The van der Waals surface area contributed by atoms with Gasteiger partial charge in [0.2, 0.25) is 0 Å². The number of hydrogen-bond acceptors (Lipinski definition) is 1. The van der Waals surface area contributed by atoms with Crippen molar-refractivity contribution in [2.24, 2.45) is 5.92 Å². The van der Waals surface area contributed by atoms with Crippen molar-refractivity contribution in [2.45, 2.75) is 66.7 Å². The van der Waals surface area contributed by atoms with Crippen LogP contribution in [-0.4, -0.2) is 6.61 Å². The maximum Gasteiger partial charge on any atom is 0.141 e. The average molecular weight is 409 g/mol. The molecule has 1 aliphatic rings. The molecule has 1 aliphatic carbocycles. The van der Waals surface area contributed by atoms with Crippen molar-refractivity contribution >= 4 is 27.1 Å². The summed E-state index contributed by atoms with van der Waals surface area (Å²) in [7, 11) is 0. The molecule has 0 aromatic heterocycles. The SMILES string of the molecule is CCOc1c(/C(CC)=C(\C)F)cc2c(c1Br)C(C)(C)CC=C2C(C)C. The van der Waals surface area contributed by atoms with Crippen LogP contribution in [0, 0.1) is 5.92 Å². The zero-order valence-corrected chi connectivity index (χ0v) is 18.1. The van der Waals surface area contributed by atoms with Crippen molar-refractivity contribution < 1.29 is 9.13 Å². The van der Waals surface area contributed by atoms with Crippen LogP contribution in [0.1, 0.15) is 78.0 Å². The summed E-state index contributed by atoms with van der Waals surface area (Å²) in [5.41, 5.74) is 5.45. The van der Waals surface area contributed by atoms with Crippen LogP contribution in [0.4, 0.5) is 4.39 Å². The Kier molecular flexibility index (Phi) is 6.19. The first-order chi connectivity index (χ1) is 11.7. The molecule has 1 aromatic rings. The Labute approximate surface area is 160 Å². The molecular formula is C22H30BrFO. The lowest BCUT2D eigenvalue weighted by molar-refractivity contribution is 0.335. The molecule has 1 aromatic carbocycles. The number of halogens is 2. The van der Waals surface area contributed by atoms with Crippen molar-refractivity contribution in [3.05, 3.63) is 39.1 Å². The smallest absolute Gasteiger partial charge is 0.141 e. The minimum Gasteiger partial charge on any atom is -0.492 e. The summed E-state index contributed by atoms with van der Waals surface area (Å²) in [4.78, 5) is 0. The average Bonchev–Trinajstić information content (AvgIpc) is 2.50. The second-order valence-corrected chi connectivity index (χ2v) is 8.48. The number of benzene rings is 1. The molecule has 138 valence electrons. The molecule has 0 atom stereocenters. The first-order valence-corrected chi connectivity index (χ1v) is 10.0. The van der Waals surface area contributed by atoms with Crippen LogP contribution in [0.3, 0.4) is 0 Å². The number of allylic oxidation sites excluding steroid dienone is 4. The molecule has 0 radical (unpaired) electrons. The van der Waals surface area contributed by atoms with Gasteiger partial charge >= 0.3 is 0 Å². The predicted molar refractivity (Wildman–Crippen MR) is 110 cm³/mol. The largest absolute Gasteiger partial charge is 0.492 e. The van der Waals surface area contributed by atoms with Crippen molar-refractivity contribution in [1.82, 2.24) is 0 Å². The van der Waals surface area contributed by atoms with Gasteiger partial charge in [0.05, 0.1) is 11.1 Å². The summed E-state index contributed by atoms with van der Waals surface area (Å²) >= 11 is 3.82. The molecule has 0 bridgehead atoms. The van der Waals surface area contributed by atoms with Crippen LogP contribution in [0.25, 0.3) is 11.1 Å². The summed E-state index contributed by atoms with van der Waals surface area (Å²) < 4.78 is 21.2. The molecule has 1 nitrogen and oxygen atoms in total. The summed E-state index contributed by atoms with van der Waals surface area (Å²) in [5.74, 6) is 1.06. The van der Waals surface area contributed by atoms with Gasteiger partial charge in [-0.2, -0.15) is 0 Å². The topological polar surface area (TPSA) is 9.23 Å². The van der Waals surface area contributed by atoms with E-state index in [1.54, 1.807) is 0 Å². The number of rotatable bonds is 5. The Balaban J connectivity index is 2.90. The van der Waals surface area contributed by atoms with Gasteiger partial charge in [0.1, 0.15) is 11.6 Å². The normalized spacial score (nSPS) is 17.1. The minimum absolute atomic E-state index is 0.0117. The highest BCUT2D eigenvalue weighted by atomic mass is 79.9. The zero-order valence-electron chi connectivity index (χ0n) is 16.5. The Morgan fingerprint density at radius 3 is 2.44 bits per heavy atom. The molecule has 0 aliphatic heterocycles. The van der Waals surface area contributed by atoms with E-state index in [0.717, 1.165) is 27.8 Å². The third-order valence-electron chi connectivity index (χ3n) is 5.05. The van der Waals surface area contributed by atoms with E-state index in [1.807, 2.05) is 13.8 Å². The van der Waals surface area contributed by atoms with E-state index in [9.17, 15) is 4.39 Å². The Morgan fingerprint density at radius 2 is 1.96 bits per heavy atom. The van der Waals surface area contributed by atoms with Crippen LogP contribution in [0.2, 0.25) is 0 Å². The van der Waals surface area contributed by atoms with Crippen molar-refractivity contribution in [3.63, 3.8) is 0 Å². The van der Waals surface area contributed by atoms with Gasteiger partial charge in [-0.15, -0.1) is 0 Å². The molecule has 25 heavy (non-hydrogen) atoms. The molecule has 0 fully saturated rings. The van der Waals surface area contributed by atoms with Gasteiger partial charge < -0.3 is 4.74 Å². The van der Waals surface area contributed by atoms with E-state index in [0.29, 0.717) is 18.9 Å². The predicted octanol–water partition coefficient (Wildman–Crippen LogP) is 7.68. The second kappa shape index (κ2) is 7.65. The maximum atomic E-state index is 14.2. The molecule has 3 heteroatoms. The third-order valence-corrected chi connectivity index (χ3v) is 5.80. The van der Waals surface area contributed by atoms with Crippen molar-refractivity contribution in [2.75, 3.05) is 6.61 Å². The Morgan fingerprint density at radius 1 is 1.32 bits per heavy atom. The van der Waals surface area contributed by atoms with E-state index in [1.165, 1.54) is 23.6 Å². The molecule has 0 amide bonds. The molecule has 0 unspecified atom stereocenters. The standard InChI is InChI=1S/C22H30BrFO/c1-8-15(14(5)24)18-12-17-16(13(3)4)10-11-22(6,7)19(17)20(23)21(18)25-9-2/h10,12-13H,8-9,11H2,1-7H3/b15-14+. The van der Waals surface area contributed by atoms with E-state index in [2.05, 4.69) is 55.8 Å². The van der Waals surface area contributed by atoms with Gasteiger partial charge in [0, 0.05) is 5.56 Å². The van der Waals surface area contributed by atoms with Crippen molar-refractivity contribution in [3.8, 4) is 5.75 Å². The second-order valence-electron chi connectivity index (χ2n) is 7.69. The highest BCUT2D eigenvalue weighted by Gasteiger charge is 2.34. The molecule has 2 rings (SSSR count). The van der Waals surface area contributed by atoms with Gasteiger partial charge in [-0.1, -0.05) is 40.7 Å². The highest BCUT2D eigenvalue weighted by molar-refractivity contribution is 9.10. The number of hydrogen-bond donors (Lipinski definition) is 0. The molecular weight excluding hydrogens is 379 g/mol. The third kappa shape index (κ3) is 3.72.